The number of carbonyl (C=O) groups is 1. The van der Waals surface area contributed by atoms with E-state index in [1.54, 1.807) is 0 Å². The first-order valence-electron chi connectivity index (χ1n) is 4.51. The van der Waals surface area contributed by atoms with Crippen molar-refractivity contribution in [3.63, 3.8) is 0 Å². The largest absolute Gasteiger partial charge is 0.342 e. The Bertz CT molecular complexity index is 170. The molecule has 12 heavy (non-hydrogen) atoms. The van der Waals surface area contributed by atoms with E-state index in [1.165, 1.54) is 0 Å². The van der Waals surface area contributed by atoms with Gasteiger partial charge in [0.25, 0.3) is 0 Å². The number of halogens is 1. The van der Waals surface area contributed by atoms with E-state index in [0.29, 0.717) is 23.1 Å². The van der Waals surface area contributed by atoms with Gasteiger partial charge in [-0.2, -0.15) is 0 Å². The molecular formula is C9H16BrNO. The Labute approximate surface area is 82.4 Å². The summed E-state index contributed by atoms with van der Waals surface area (Å²) >= 11 is 3.46. The number of rotatable bonds is 3. The Kier molecular flexibility index (Phi) is 3.56. The summed E-state index contributed by atoms with van der Waals surface area (Å²) in [5.41, 5.74) is 0. The van der Waals surface area contributed by atoms with Gasteiger partial charge in [0.15, 0.2) is 0 Å². The Morgan fingerprint density at radius 1 is 1.67 bits per heavy atom. The number of hydrogen-bond acceptors (Lipinski definition) is 1. The molecular weight excluding hydrogens is 218 g/mol. The molecule has 0 spiro atoms. The van der Waals surface area contributed by atoms with Crippen molar-refractivity contribution >= 4 is 21.8 Å². The molecule has 0 N–H and O–H groups in total. The van der Waals surface area contributed by atoms with Crippen molar-refractivity contribution in [3.8, 4) is 0 Å². The standard InChI is InChI=1S/C9H16BrNO/c1-7(2)3-4-11-6-8(10)5-9(11)12/h7-8H,3-6H2,1-2H3. The molecule has 1 fully saturated rings. The molecule has 0 bridgehead atoms. The maximum absolute atomic E-state index is 11.3. The van der Waals surface area contributed by atoms with Crippen LogP contribution in [0.3, 0.4) is 0 Å². The Hall–Kier alpha value is -0.0500. The van der Waals surface area contributed by atoms with Crippen LogP contribution < -0.4 is 0 Å². The van der Waals surface area contributed by atoms with Crippen LogP contribution in [-0.4, -0.2) is 28.7 Å². The molecule has 1 atom stereocenters. The summed E-state index contributed by atoms with van der Waals surface area (Å²) in [6, 6.07) is 0. The zero-order valence-electron chi connectivity index (χ0n) is 7.72. The molecule has 70 valence electrons. The smallest absolute Gasteiger partial charge is 0.223 e. The number of likely N-dealkylation sites (tertiary alicyclic amines) is 1. The number of hydrogen-bond donors (Lipinski definition) is 0. The fraction of sp³-hybridized carbons (Fsp3) is 0.889. The van der Waals surface area contributed by atoms with E-state index >= 15 is 0 Å². The van der Waals surface area contributed by atoms with Crippen molar-refractivity contribution in [1.29, 1.82) is 0 Å². The van der Waals surface area contributed by atoms with Crippen molar-refractivity contribution in [3.05, 3.63) is 0 Å². The summed E-state index contributed by atoms with van der Waals surface area (Å²) in [5.74, 6) is 0.990. The SMILES string of the molecule is CC(C)CCN1CC(Br)CC1=O. The Balaban J connectivity index is 2.28. The number of carbonyl (C=O) groups excluding carboxylic acids is 1. The predicted octanol–water partition coefficient (Wildman–Crippen LogP) is 2.03. The summed E-state index contributed by atoms with van der Waals surface area (Å²) in [7, 11) is 0. The normalized spacial score (nSPS) is 24.2. The number of nitrogens with zero attached hydrogens (tertiary/aromatic N) is 1. The van der Waals surface area contributed by atoms with Gasteiger partial charge in [-0.25, -0.2) is 0 Å². The topological polar surface area (TPSA) is 20.3 Å². The van der Waals surface area contributed by atoms with E-state index in [2.05, 4.69) is 29.8 Å². The van der Waals surface area contributed by atoms with Crippen molar-refractivity contribution in [2.45, 2.75) is 31.5 Å². The summed E-state index contributed by atoms with van der Waals surface area (Å²) < 4.78 is 0. The van der Waals surface area contributed by atoms with Gasteiger partial charge in [0.1, 0.15) is 0 Å². The Morgan fingerprint density at radius 2 is 2.33 bits per heavy atom. The first-order chi connectivity index (χ1) is 5.59. The van der Waals surface area contributed by atoms with Crippen molar-refractivity contribution in [2.24, 2.45) is 5.92 Å². The number of amides is 1. The van der Waals surface area contributed by atoms with Crippen LogP contribution >= 0.6 is 15.9 Å². The third-order valence-electron chi connectivity index (χ3n) is 2.14. The lowest BCUT2D eigenvalue weighted by atomic mass is 10.1. The molecule has 3 heteroatoms. The molecule has 0 aromatic rings. The van der Waals surface area contributed by atoms with Crippen molar-refractivity contribution < 1.29 is 4.79 Å². The molecule has 0 aromatic heterocycles. The minimum atomic E-state index is 0.303. The minimum absolute atomic E-state index is 0.303. The quantitative estimate of drug-likeness (QED) is 0.684. The first kappa shape index (κ1) is 10.0. The lowest BCUT2D eigenvalue weighted by molar-refractivity contribution is -0.127. The molecule has 1 heterocycles. The van der Waals surface area contributed by atoms with Gasteiger partial charge in [-0.05, 0) is 12.3 Å². The van der Waals surface area contributed by atoms with Gasteiger partial charge in [-0.3, -0.25) is 4.79 Å². The summed E-state index contributed by atoms with van der Waals surface area (Å²) in [6.07, 6.45) is 1.80. The van der Waals surface area contributed by atoms with E-state index in [4.69, 9.17) is 0 Å². The molecule has 0 radical (unpaired) electrons. The second-order valence-electron chi connectivity index (χ2n) is 3.82. The lowest BCUT2D eigenvalue weighted by Crippen LogP contribution is -2.27. The van der Waals surface area contributed by atoms with E-state index in [9.17, 15) is 4.79 Å². The lowest BCUT2D eigenvalue weighted by Gasteiger charge is -2.16. The number of alkyl halides is 1. The predicted molar refractivity (Wildman–Crippen MR) is 53.4 cm³/mol. The van der Waals surface area contributed by atoms with E-state index in [0.717, 1.165) is 19.5 Å². The van der Waals surface area contributed by atoms with Gasteiger partial charge in [0.2, 0.25) is 5.91 Å². The van der Waals surface area contributed by atoms with Gasteiger partial charge in [0.05, 0.1) is 0 Å². The van der Waals surface area contributed by atoms with Crippen LogP contribution in [0.15, 0.2) is 0 Å². The van der Waals surface area contributed by atoms with Crippen LogP contribution in [-0.2, 0) is 4.79 Å². The summed E-state index contributed by atoms with van der Waals surface area (Å²) in [6.45, 7) is 6.20. The highest BCUT2D eigenvalue weighted by Crippen LogP contribution is 2.18. The highest BCUT2D eigenvalue weighted by Gasteiger charge is 2.26. The molecule has 0 aromatic carbocycles. The van der Waals surface area contributed by atoms with E-state index in [-0.39, 0.29) is 0 Å². The molecule has 1 aliphatic heterocycles. The van der Waals surface area contributed by atoms with Gasteiger partial charge in [-0.15, -0.1) is 0 Å². The van der Waals surface area contributed by atoms with E-state index in [1.807, 2.05) is 4.90 Å². The highest BCUT2D eigenvalue weighted by atomic mass is 79.9. The van der Waals surface area contributed by atoms with Gasteiger partial charge >= 0.3 is 0 Å². The highest BCUT2D eigenvalue weighted by molar-refractivity contribution is 9.09. The Morgan fingerprint density at radius 3 is 2.75 bits per heavy atom. The van der Waals surface area contributed by atoms with E-state index < -0.39 is 0 Å². The fourth-order valence-electron chi connectivity index (χ4n) is 1.35. The fourth-order valence-corrected chi connectivity index (χ4v) is 1.98. The van der Waals surface area contributed by atoms with Crippen LogP contribution in [0.1, 0.15) is 26.7 Å². The third-order valence-corrected chi connectivity index (χ3v) is 2.76. The molecule has 1 saturated heterocycles. The van der Waals surface area contributed by atoms with Gasteiger partial charge < -0.3 is 4.90 Å². The molecule has 1 amide bonds. The summed E-state index contributed by atoms with van der Waals surface area (Å²) in [4.78, 5) is 13.6. The molecule has 1 aliphatic rings. The first-order valence-corrected chi connectivity index (χ1v) is 5.43. The molecule has 1 unspecified atom stereocenters. The molecule has 1 rings (SSSR count). The van der Waals surface area contributed by atoms with Crippen LogP contribution in [0.2, 0.25) is 0 Å². The zero-order chi connectivity index (χ0) is 9.14. The average Bonchev–Trinajstić information content (AvgIpc) is 2.26. The maximum atomic E-state index is 11.3. The van der Waals surface area contributed by atoms with Crippen LogP contribution in [0, 0.1) is 5.92 Å². The van der Waals surface area contributed by atoms with Crippen molar-refractivity contribution in [1.82, 2.24) is 4.90 Å². The zero-order valence-corrected chi connectivity index (χ0v) is 9.30. The molecule has 0 saturated carbocycles. The molecule has 0 aliphatic carbocycles. The van der Waals surface area contributed by atoms with Crippen LogP contribution in [0.5, 0.6) is 0 Å². The second kappa shape index (κ2) is 4.26. The maximum Gasteiger partial charge on any atom is 0.223 e. The summed E-state index contributed by atoms with van der Waals surface area (Å²) in [5, 5.41) is 0. The minimum Gasteiger partial charge on any atom is -0.342 e. The monoisotopic (exact) mass is 233 g/mol. The van der Waals surface area contributed by atoms with Gasteiger partial charge in [0, 0.05) is 24.3 Å². The average molecular weight is 234 g/mol. The second-order valence-corrected chi connectivity index (χ2v) is 5.12. The van der Waals surface area contributed by atoms with Crippen LogP contribution in [0.25, 0.3) is 0 Å². The van der Waals surface area contributed by atoms with Crippen LogP contribution in [0.4, 0.5) is 0 Å². The third kappa shape index (κ3) is 2.77. The molecule has 2 nitrogen and oxygen atoms in total. The van der Waals surface area contributed by atoms with Gasteiger partial charge in [-0.1, -0.05) is 29.8 Å². The van der Waals surface area contributed by atoms with Crippen molar-refractivity contribution in [2.75, 3.05) is 13.1 Å².